The molecule has 31 heavy (non-hydrogen) atoms. The minimum atomic E-state index is -0.754. The quantitative estimate of drug-likeness (QED) is 0.217. The van der Waals surface area contributed by atoms with Gasteiger partial charge in [-0.15, -0.1) is 0 Å². The normalized spacial score (nSPS) is 12.9. The Morgan fingerprint density at radius 3 is 2.42 bits per heavy atom. The number of nitrogens with one attached hydrogen (secondary N) is 2. The molecule has 2 aromatic rings. The van der Waals surface area contributed by atoms with E-state index in [0.29, 0.717) is 30.7 Å². The summed E-state index contributed by atoms with van der Waals surface area (Å²) in [5.74, 6) is -0.541. The van der Waals surface area contributed by atoms with E-state index in [1.165, 1.54) is 23.7 Å². The summed E-state index contributed by atoms with van der Waals surface area (Å²) in [6.45, 7) is 2.22. The van der Waals surface area contributed by atoms with E-state index < -0.39 is 24.2 Å². The van der Waals surface area contributed by atoms with Gasteiger partial charge in [-0.25, -0.2) is 10.3 Å². The molecule has 0 fully saturated rings. The van der Waals surface area contributed by atoms with Crippen LogP contribution in [-0.2, 0) is 14.3 Å². The predicted octanol–water partition coefficient (Wildman–Crippen LogP) is 4.69. The Hall–Kier alpha value is -2.88. The second kappa shape index (κ2) is 12.7. The molecular formula is C22H25BrN2O6. The zero-order valence-electron chi connectivity index (χ0n) is 17.0. The van der Waals surface area contributed by atoms with Gasteiger partial charge in [0.2, 0.25) is 0 Å². The maximum Gasteiger partial charge on any atom is 0.412 e. The molecule has 2 atom stereocenters. The average Bonchev–Trinajstić information content (AvgIpc) is 2.76. The lowest BCUT2D eigenvalue weighted by Gasteiger charge is -2.27. The Balaban J connectivity index is 2.17. The molecule has 0 unspecified atom stereocenters. The van der Waals surface area contributed by atoms with Gasteiger partial charge in [-0.05, 0) is 61.7 Å². The summed E-state index contributed by atoms with van der Waals surface area (Å²) < 4.78 is 12.4. The molecule has 0 saturated carbocycles. The molecule has 0 spiro atoms. The fraction of sp³-hybridized carbons (Fsp3) is 0.273. The number of carbonyl (C=O) groups is 2. The Morgan fingerprint density at radius 2 is 1.81 bits per heavy atom. The van der Waals surface area contributed by atoms with E-state index in [-0.39, 0.29) is 5.75 Å². The van der Waals surface area contributed by atoms with Crippen molar-refractivity contribution in [2.75, 3.05) is 11.9 Å². The van der Waals surface area contributed by atoms with E-state index >= 15 is 0 Å². The Morgan fingerprint density at radius 1 is 1.13 bits per heavy atom. The van der Waals surface area contributed by atoms with Crippen LogP contribution in [0.1, 0.15) is 31.4 Å². The first-order valence-electron chi connectivity index (χ1n) is 9.67. The number of anilines is 1. The fourth-order valence-corrected chi connectivity index (χ4v) is 3.11. The Labute approximate surface area is 189 Å². The number of amides is 2. The highest BCUT2D eigenvalue weighted by Gasteiger charge is 2.27. The summed E-state index contributed by atoms with van der Waals surface area (Å²) in [5.41, 5.74) is 2.75. The molecule has 8 nitrogen and oxygen atoms in total. The lowest BCUT2D eigenvalue weighted by molar-refractivity contribution is -0.124. The van der Waals surface area contributed by atoms with Crippen molar-refractivity contribution in [2.24, 2.45) is 0 Å². The summed E-state index contributed by atoms with van der Waals surface area (Å²) >= 11 is 3.34. The van der Waals surface area contributed by atoms with E-state index in [2.05, 4.69) is 21.2 Å². The highest BCUT2D eigenvalue weighted by atomic mass is 79.9. The minimum Gasteiger partial charge on any atom is -0.508 e. The molecular weight excluding hydrogens is 468 g/mol. The summed E-state index contributed by atoms with van der Waals surface area (Å²) in [6, 6.07) is 13.4. The van der Waals surface area contributed by atoms with Gasteiger partial charge in [0.15, 0.2) is 6.10 Å². The standard InChI is InChI=1S/C22H25BrN2O6/c1-2-30-19(5-3-4-6-20(27)25-29)21(15-7-13-18(26)14-8-15)31-22(28)24-17-11-9-16(23)10-12-17/h4,6-14,19,21,26,29H,2-3,5H2,1H3,(H,24,28)(H,25,27)/b6-4+/t19-,21-/m0/s1. The van der Waals surface area contributed by atoms with Crippen molar-refractivity contribution in [3.8, 4) is 5.75 Å². The monoisotopic (exact) mass is 492 g/mol. The van der Waals surface area contributed by atoms with Gasteiger partial charge in [0.1, 0.15) is 5.75 Å². The van der Waals surface area contributed by atoms with Gasteiger partial charge in [0, 0.05) is 22.8 Å². The molecule has 4 N–H and O–H groups in total. The van der Waals surface area contributed by atoms with Crippen LogP contribution in [0.2, 0.25) is 0 Å². The highest BCUT2D eigenvalue weighted by molar-refractivity contribution is 9.10. The van der Waals surface area contributed by atoms with E-state index in [1.54, 1.807) is 42.5 Å². The summed E-state index contributed by atoms with van der Waals surface area (Å²) in [6.07, 6.45) is 1.78. The zero-order valence-corrected chi connectivity index (χ0v) is 18.5. The molecule has 0 radical (unpaired) electrons. The smallest absolute Gasteiger partial charge is 0.412 e. The number of allylic oxidation sites excluding steroid dienone is 1. The van der Waals surface area contributed by atoms with Crippen molar-refractivity contribution in [3.05, 3.63) is 70.7 Å². The third-order valence-corrected chi connectivity index (χ3v) is 4.79. The van der Waals surface area contributed by atoms with E-state index in [9.17, 15) is 14.7 Å². The summed E-state index contributed by atoms with van der Waals surface area (Å²) in [7, 11) is 0. The molecule has 166 valence electrons. The number of phenolic OH excluding ortho intramolecular Hbond substituents is 1. The summed E-state index contributed by atoms with van der Waals surface area (Å²) in [5, 5.41) is 20.9. The Kier molecular flexibility index (Phi) is 10.0. The Bertz CT molecular complexity index is 871. The minimum absolute atomic E-state index is 0.0905. The fourth-order valence-electron chi connectivity index (χ4n) is 2.84. The zero-order chi connectivity index (χ0) is 22.6. The number of ether oxygens (including phenoxy) is 2. The first-order chi connectivity index (χ1) is 14.9. The highest BCUT2D eigenvalue weighted by Crippen LogP contribution is 2.29. The molecule has 9 heteroatoms. The van der Waals surface area contributed by atoms with Gasteiger partial charge in [0.25, 0.3) is 5.91 Å². The van der Waals surface area contributed by atoms with Crippen LogP contribution in [0.15, 0.2) is 65.2 Å². The van der Waals surface area contributed by atoms with Crippen LogP contribution >= 0.6 is 15.9 Å². The molecule has 0 heterocycles. The largest absolute Gasteiger partial charge is 0.508 e. The SMILES string of the molecule is CCO[C@@H](CC/C=C/C(=O)NO)[C@@H](OC(=O)Nc1ccc(Br)cc1)c1ccc(O)cc1. The molecule has 0 aromatic heterocycles. The van der Waals surface area contributed by atoms with Crippen LogP contribution in [0, 0.1) is 0 Å². The van der Waals surface area contributed by atoms with Crippen molar-refractivity contribution in [2.45, 2.75) is 32.0 Å². The molecule has 0 aliphatic heterocycles. The van der Waals surface area contributed by atoms with Crippen molar-refractivity contribution in [1.82, 2.24) is 5.48 Å². The van der Waals surface area contributed by atoms with Crippen molar-refractivity contribution in [1.29, 1.82) is 0 Å². The topological polar surface area (TPSA) is 117 Å². The molecule has 2 aromatic carbocycles. The molecule has 0 aliphatic carbocycles. The van der Waals surface area contributed by atoms with E-state index in [1.807, 2.05) is 6.92 Å². The number of carbonyl (C=O) groups excluding carboxylic acids is 2. The predicted molar refractivity (Wildman–Crippen MR) is 119 cm³/mol. The number of hydroxylamine groups is 1. The van der Waals surface area contributed by atoms with Gasteiger partial charge < -0.3 is 14.6 Å². The van der Waals surface area contributed by atoms with Crippen LogP contribution in [0.25, 0.3) is 0 Å². The molecule has 0 bridgehead atoms. The van der Waals surface area contributed by atoms with Crippen molar-refractivity contribution in [3.63, 3.8) is 0 Å². The second-order valence-corrected chi connectivity index (χ2v) is 7.41. The lowest BCUT2D eigenvalue weighted by atomic mass is 10.00. The molecule has 2 rings (SSSR count). The number of aromatic hydroxyl groups is 1. The van der Waals surface area contributed by atoms with Gasteiger partial charge >= 0.3 is 6.09 Å². The van der Waals surface area contributed by atoms with E-state index in [0.717, 1.165) is 4.47 Å². The van der Waals surface area contributed by atoms with Crippen LogP contribution in [0.5, 0.6) is 5.75 Å². The first kappa shape index (κ1) is 24.4. The second-order valence-electron chi connectivity index (χ2n) is 6.50. The van der Waals surface area contributed by atoms with Gasteiger partial charge in [0.05, 0.1) is 6.10 Å². The first-order valence-corrected chi connectivity index (χ1v) is 10.5. The number of phenols is 1. The number of halogens is 1. The van der Waals surface area contributed by atoms with Gasteiger partial charge in [-0.2, -0.15) is 0 Å². The van der Waals surface area contributed by atoms with Gasteiger partial charge in [-0.3, -0.25) is 15.3 Å². The number of rotatable bonds is 10. The van der Waals surface area contributed by atoms with E-state index in [4.69, 9.17) is 14.7 Å². The average molecular weight is 493 g/mol. The van der Waals surface area contributed by atoms with Crippen LogP contribution in [0.3, 0.4) is 0 Å². The third kappa shape index (κ3) is 8.41. The van der Waals surface area contributed by atoms with Crippen molar-refractivity contribution >= 4 is 33.6 Å². The molecule has 0 saturated heterocycles. The van der Waals surface area contributed by atoms with Gasteiger partial charge in [-0.1, -0.05) is 34.1 Å². The maximum absolute atomic E-state index is 12.6. The lowest BCUT2D eigenvalue weighted by Crippen LogP contribution is -2.29. The maximum atomic E-state index is 12.6. The van der Waals surface area contributed by atoms with Crippen LogP contribution in [-0.4, -0.2) is 35.0 Å². The summed E-state index contributed by atoms with van der Waals surface area (Å²) in [4.78, 5) is 23.7. The number of benzene rings is 2. The molecule has 2 amide bonds. The van der Waals surface area contributed by atoms with Crippen LogP contribution < -0.4 is 10.8 Å². The van der Waals surface area contributed by atoms with Crippen molar-refractivity contribution < 1.29 is 29.4 Å². The third-order valence-electron chi connectivity index (χ3n) is 4.26. The molecule has 0 aliphatic rings. The number of hydrogen-bond acceptors (Lipinski definition) is 6. The number of hydrogen-bond donors (Lipinski definition) is 4. The van der Waals surface area contributed by atoms with Crippen LogP contribution in [0.4, 0.5) is 10.5 Å².